The Balaban J connectivity index is 1.63. The minimum atomic E-state index is 0.0841. The lowest BCUT2D eigenvalue weighted by molar-refractivity contribution is 0.253. The second-order valence-corrected chi connectivity index (χ2v) is 9.11. The molecule has 0 radical (unpaired) electrons. The van der Waals surface area contributed by atoms with E-state index in [4.69, 9.17) is 15.5 Å². The summed E-state index contributed by atoms with van der Waals surface area (Å²) in [7, 11) is 3.86. The number of likely N-dealkylation sites (tertiary alicyclic amines) is 1. The Bertz CT molecular complexity index is 1090. The maximum atomic E-state index is 9.47. The van der Waals surface area contributed by atoms with Crippen LogP contribution in [0.15, 0.2) is 18.5 Å². The van der Waals surface area contributed by atoms with Crippen molar-refractivity contribution in [1.82, 2.24) is 29.6 Å². The van der Waals surface area contributed by atoms with Crippen molar-refractivity contribution in [3.05, 3.63) is 29.7 Å². The standard InChI is InChI=1S/C24H36N8O2/c1-4-5-18(8-11-33)28-23-22-20(29-24(25)30-23)14-27-32(22)15-17-13-26-19(12-21(17)34-3)16-6-9-31(2)10-7-16/h12-14,16,18,33H,4-11,15H2,1-3H3,(H3,25,28,29,30). The summed E-state index contributed by atoms with van der Waals surface area (Å²) in [5.41, 5.74) is 9.44. The van der Waals surface area contributed by atoms with Gasteiger partial charge in [-0.2, -0.15) is 10.1 Å². The molecule has 0 spiro atoms. The summed E-state index contributed by atoms with van der Waals surface area (Å²) in [4.78, 5) is 16.0. The van der Waals surface area contributed by atoms with Crippen LogP contribution in [0.3, 0.4) is 0 Å². The maximum absolute atomic E-state index is 9.47. The van der Waals surface area contributed by atoms with E-state index in [1.54, 1.807) is 13.3 Å². The number of pyridine rings is 1. The number of methoxy groups -OCH3 is 1. The van der Waals surface area contributed by atoms with E-state index in [9.17, 15) is 5.11 Å². The van der Waals surface area contributed by atoms with Crippen molar-refractivity contribution in [2.75, 3.05) is 44.9 Å². The number of aliphatic hydroxyl groups excluding tert-OH is 1. The topological polar surface area (TPSA) is 127 Å². The van der Waals surface area contributed by atoms with Gasteiger partial charge in [-0.25, -0.2) is 4.98 Å². The van der Waals surface area contributed by atoms with Crippen LogP contribution in [0.25, 0.3) is 11.0 Å². The molecule has 3 aromatic rings. The van der Waals surface area contributed by atoms with Gasteiger partial charge in [0.05, 0.1) is 19.9 Å². The summed E-state index contributed by atoms with van der Waals surface area (Å²) < 4.78 is 7.61. The fraction of sp³-hybridized carbons (Fsp3) is 0.583. The Morgan fingerprint density at radius 2 is 2.03 bits per heavy atom. The van der Waals surface area contributed by atoms with Crippen molar-refractivity contribution in [3.8, 4) is 5.75 Å². The van der Waals surface area contributed by atoms with E-state index in [0.717, 1.165) is 61.3 Å². The SMILES string of the molecule is CCCC(CCO)Nc1nc(N)nc2cnn(Cc3cnc(C4CCN(C)CC4)cc3OC)c12. The van der Waals surface area contributed by atoms with Crippen molar-refractivity contribution >= 4 is 22.8 Å². The van der Waals surface area contributed by atoms with Crippen LogP contribution in [0.5, 0.6) is 5.75 Å². The molecule has 0 saturated carbocycles. The minimum absolute atomic E-state index is 0.0841. The van der Waals surface area contributed by atoms with Gasteiger partial charge in [-0.1, -0.05) is 13.3 Å². The van der Waals surface area contributed by atoms with Crippen LogP contribution >= 0.6 is 0 Å². The van der Waals surface area contributed by atoms with Crippen molar-refractivity contribution in [2.45, 2.75) is 57.5 Å². The Kier molecular flexibility index (Phi) is 7.79. The molecule has 3 aromatic heterocycles. The molecule has 4 heterocycles. The predicted molar refractivity (Wildman–Crippen MR) is 133 cm³/mol. The van der Waals surface area contributed by atoms with Crippen molar-refractivity contribution < 1.29 is 9.84 Å². The number of aliphatic hydroxyl groups is 1. The number of fused-ring (bicyclic) bond motifs is 1. The van der Waals surface area contributed by atoms with E-state index in [1.807, 2.05) is 10.9 Å². The molecule has 0 aromatic carbocycles. The number of aromatic nitrogens is 5. The molecule has 0 bridgehead atoms. The number of nitrogens with one attached hydrogen (secondary N) is 1. The Morgan fingerprint density at radius 3 is 2.74 bits per heavy atom. The number of rotatable bonds is 10. The van der Waals surface area contributed by atoms with Crippen molar-refractivity contribution in [1.29, 1.82) is 0 Å². The van der Waals surface area contributed by atoms with Gasteiger partial charge in [-0.3, -0.25) is 9.67 Å². The number of piperidine rings is 1. The Morgan fingerprint density at radius 1 is 1.24 bits per heavy atom. The smallest absolute Gasteiger partial charge is 0.222 e. The quantitative estimate of drug-likeness (QED) is 0.411. The van der Waals surface area contributed by atoms with Crippen LogP contribution in [0.2, 0.25) is 0 Å². The number of nitrogen functional groups attached to an aromatic ring is 1. The third-order valence-corrected chi connectivity index (χ3v) is 6.60. The molecule has 184 valence electrons. The first kappa shape index (κ1) is 24.2. The molecule has 1 aliphatic rings. The van der Waals surface area contributed by atoms with E-state index in [0.29, 0.717) is 30.2 Å². The first-order valence-electron chi connectivity index (χ1n) is 12.1. The molecular formula is C24H36N8O2. The summed E-state index contributed by atoms with van der Waals surface area (Å²) in [6.45, 7) is 4.86. The van der Waals surface area contributed by atoms with Gasteiger partial charge in [-0.05, 0) is 45.8 Å². The second kappa shape index (κ2) is 11.0. The van der Waals surface area contributed by atoms with Gasteiger partial charge in [0, 0.05) is 42.1 Å². The third kappa shape index (κ3) is 5.39. The molecule has 4 N–H and O–H groups in total. The molecule has 34 heavy (non-hydrogen) atoms. The van der Waals surface area contributed by atoms with Crippen molar-refractivity contribution in [3.63, 3.8) is 0 Å². The van der Waals surface area contributed by atoms with Crippen LogP contribution in [-0.2, 0) is 6.54 Å². The lowest BCUT2D eigenvalue weighted by Crippen LogP contribution is -2.29. The first-order valence-corrected chi connectivity index (χ1v) is 12.1. The van der Waals surface area contributed by atoms with Crippen LogP contribution in [0, 0.1) is 0 Å². The summed E-state index contributed by atoms with van der Waals surface area (Å²) >= 11 is 0. The summed E-state index contributed by atoms with van der Waals surface area (Å²) in [5, 5.41) is 17.5. The molecule has 1 saturated heterocycles. The summed E-state index contributed by atoms with van der Waals surface area (Å²) in [5.74, 6) is 2.08. The number of nitrogens with zero attached hydrogens (tertiary/aromatic N) is 6. The molecule has 1 atom stereocenters. The highest BCUT2D eigenvalue weighted by Gasteiger charge is 2.22. The molecule has 0 amide bonds. The Labute approximate surface area is 200 Å². The van der Waals surface area contributed by atoms with E-state index < -0.39 is 0 Å². The van der Waals surface area contributed by atoms with Crippen molar-refractivity contribution in [2.24, 2.45) is 0 Å². The first-order chi connectivity index (χ1) is 16.5. The molecule has 1 aliphatic heterocycles. The van der Waals surface area contributed by atoms with Gasteiger partial charge >= 0.3 is 0 Å². The van der Waals surface area contributed by atoms with Gasteiger partial charge in [0.25, 0.3) is 0 Å². The zero-order chi connectivity index (χ0) is 24.1. The predicted octanol–water partition coefficient (Wildman–Crippen LogP) is 2.63. The molecular weight excluding hydrogens is 432 g/mol. The average Bonchev–Trinajstić information content (AvgIpc) is 3.22. The maximum Gasteiger partial charge on any atom is 0.222 e. The average molecular weight is 469 g/mol. The summed E-state index contributed by atoms with van der Waals surface area (Å²) in [6.07, 6.45) is 8.35. The zero-order valence-electron chi connectivity index (χ0n) is 20.4. The van der Waals surface area contributed by atoms with Crippen LogP contribution in [0.1, 0.15) is 56.2 Å². The highest BCUT2D eigenvalue weighted by Crippen LogP contribution is 2.31. The molecule has 4 rings (SSSR count). The minimum Gasteiger partial charge on any atom is -0.496 e. The number of anilines is 2. The van der Waals surface area contributed by atoms with Crippen LogP contribution < -0.4 is 15.8 Å². The monoisotopic (exact) mass is 468 g/mol. The molecule has 0 aliphatic carbocycles. The van der Waals surface area contributed by atoms with E-state index >= 15 is 0 Å². The molecule has 10 heteroatoms. The van der Waals surface area contributed by atoms with E-state index in [2.05, 4.69) is 45.3 Å². The highest BCUT2D eigenvalue weighted by molar-refractivity contribution is 5.86. The molecule has 10 nitrogen and oxygen atoms in total. The van der Waals surface area contributed by atoms with Gasteiger partial charge in [0.15, 0.2) is 5.82 Å². The largest absolute Gasteiger partial charge is 0.496 e. The van der Waals surface area contributed by atoms with Gasteiger partial charge in [-0.15, -0.1) is 0 Å². The lowest BCUT2D eigenvalue weighted by Gasteiger charge is -2.28. The van der Waals surface area contributed by atoms with E-state index in [1.165, 1.54) is 0 Å². The fourth-order valence-electron chi connectivity index (χ4n) is 4.70. The van der Waals surface area contributed by atoms with Crippen LogP contribution in [0.4, 0.5) is 11.8 Å². The van der Waals surface area contributed by atoms with Gasteiger partial charge in [0.2, 0.25) is 5.95 Å². The van der Waals surface area contributed by atoms with Crippen LogP contribution in [-0.4, -0.2) is 74.6 Å². The summed E-state index contributed by atoms with van der Waals surface area (Å²) in [6, 6.07) is 2.16. The number of hydrogen-bond donors (Lipinski definition) is 3. The molecule has 1 fully saturated rings. The van der Waals surface area contributed by atoms with Gasteiger partial charge < -0.3 is 25.8 Å². The fourth-order valence-corrected chi connectivity index (χ4v) is 4.70. The Hall–Kier alpha value is -2.98. The normalized spacial score (nSPS) is 16.1. The number of ether oxygens (including phenoxy) is 1. The highest BCUT2D eigenvalue weighted by atomic mass is 16.5. The zero-order valence-corrected chi connectivity index (χ0v) is 20.4. The number of nitrogens with two attached hydrogens (primary N) is 1. The lowest BCUT2D eigenvalue weighted by atomic mass is 9.93. The second-order valence-electron chi connectivity index (χ2n) is 9.11. The van der Waals surface area contributed by atoms with Gasteiger partial charge in [0.1, 0.15) is 16.8 Å². The van der Waals surface area contributed by atoms with E-state index in [-0.39, 0.29) is 18.6 Å². The third-order valence-electron chi connectivity index (χ3n) is 6.60. The molecule has 1 unspecified atom stereocenters. The number of hydrogen-bond acceptors (Lipinski definition) is 9.